The van der Waals surface area contributed by atoms with E-state index in [1.54, 1.807) is 6.92 Å². The van der Waals surface area contributed by atoms with Crippen LogP contribution in [0, 0.1) is 40.4 Å². The number of aliphatic hydroxyl groups excluding tert-OH is 1. The van der Waals surface area contributed by atoms with E-state index in [9.17, 15) is 24.9 Å². The molecule has 2 bridgehead atoms. The molecular formula is C19H26O5. The molecule has 4 aliphatic rings. The molecule has 0 saturated heterocycles. The molecule has 5 heteroatoms. The van der Waals surface area contributed by atoms with Crippen molar-refractivity contribution < 1.29 is 24.9 Å². The highest BCUT2D eigenvalue weighted by atomic mass is 16.4. The topological polar surface area (TPSA) is 94.8 Å². The maximum absolute atomic E-state index is 12.3. The van der Waals surface area contributed by atoms with E-state index in [1.807, 2.05) is 0 Å². The van der Waals surface area contributed by atoms with E-state index in [0.717, 1.165) is 37.7 Å². The number of carboxylic acid groups (broad SMARTS) is 2. The molecule has 4 aliphatic carbocycles. The molecule has 0 amide bonds. The normalized spacial score (nSPS) is 52.7. The van der Waals surface area contributed by atoms with Gasteiger partial charge < -0.3 is 15.3 Å². The van der Waals surface area contributed by atoms with E-state index >= 15 is 0 Å². The second-order valence-electron chi connectivity index (χ2n) is 8.84. The van der Waals surface area contributed by atoms with Gasteiger partial charge in [-0.2, -0.15) is 0 Å². The van der Waals surface area contributed by atoms with Gasteiger partial charge in [0.05, 0.1) is 17.4 Å². The average molecular weight is 334 g/mol. The molecule has 0 aromatic carbocycles. The number of aliphatic carboxylic acids is 2. The highest BCUT2D eigenvalue weighted by Crippen LogP contribution is 2.73. The molecule has 0 radical (unpaired) electrons. The van der Waals surface area contributed by atoms with Gasteiger partial charge in [-0.05, 0) is 74.5 Å². The number of hydrogen-bond donors (Lipinski definition) is 3. The summed E-state index contributed by atoms with van der Waals surface area (Å²) in [7, 11) is 0. The first-order chi connectivity index (χ1) is 11.2. The summed E-state index contributed by atoms with van der Waals surface area (Å²) >= 11 is 0. The molecule has 0 aromatic rings. The number of carboxylic acids is 2. The van der Waals surface area contributed by atoms with E-state index in [1.165, 1.54) is 0 Å². The van der Waals surface area contributed by atoms with E-state index < -0.39 is 35.3 Å². The van der Waals surface area contributed by atoms with Gasteiger partial charge in [-0.15, -0.1) is 0 Å². The van der Waals surface area contributed by atoms with Crippen molar-refractivity contribution in [1.29, 1.82) is 0 Å². The second kappa shape index (κ2) is 4.84. The van der Waals surface area contributed by atoms with Crippen molar-refractivity contribution in [3.63, 3.8) is 0 Å². The van der Waals surface area contributed by atoms with Gasteiger partial charge in [-0.3, -0.25) is 9.59 Å². The summed E-state index contributed by atoms with van der Waals surface area (Å²) < 4.78 is 0. The van der Waals surface area contributed by atoms with Crippen molar-refractivity contribution in [3.05, 3.63) is 12.2 Å². The minimum atomic E-state index is -1.38. The third kappa shape index (κ3) is 1.69. The lowest BCUT2D eigenvalue weighted by molar-refractivity contribution is -0.174. The third-order valence-electron chi connectivity index (χ3n) is 8.17. The van der Waals surface area contributed by atoms with Crippen LogP contribution in [0.25, 0.3) is 0 Å². The van der Waals surface area contributed by atoms with Crippen LogP contribution in [0.2, 0.25) is 0 Å². The lowest BCUT2D eigenvalue weighted by Gasteiger charge is -2.46. The largest absolute Gasteiger partial charge is 0.481 e. The summed E-state index contributed by atoms with van der Waals surface area (Å²) in [5.41, 5.74) is -0.570. The lowest BCUT2D eigenvalue weighted by atomic mass is 9.58. The summed E-state index contributed by atoms with van der Waals surface area (Å²) in [6.07, 6.45) is 3.79. The molecule has 0 heterocycles. The molecule has 2 unspecified atom stereocenters. The van der Waals surface area contributed by atoms with Crippen molar-refractivity contribution in [2.24, 2.45) is 40.4 Å². The highest BCUT2D eigenvalue weighted by Gasteiger charge is 2.72. The Morgan fingerprint density at radius 1 is 1.17 bits per heavy atom. The van der Waals surface area contributed by atoms with Crippen LogP contribution in [0.4, 0.5) is 0 Å². The molecule has 132 valence electrons. The van der Waals surface area contributed by atoms with Crippen LogP contribution >= 0.6 is 0 Å². The molecule has 5 nitrogen and oxygen atoms in total. The monoisotopic (exact) mass is 334 g/mol. The Kier molecular flexibility index (Phi) is 3.25. The zero-order chi connectivity index (χ0) is 17.4. The van der Waals surface area contributed by atoms with Gasteiger partial charge in [0.25, 0.3) is 0 Å². The lowest BCUT2D eigenvalue weighted by Crippen LogP contribution is -2.54. The maximum Gasteiger partial charge on any atom is 0.312 e. The van der Waals surface area contributed by atoms with Gasteiger partial charge in [0, 0.05) is 0 Å². The summed E-state index contributed by atoms with van der Waals surface area (Å²) in [6.45, 7) is 5.76. The first-order valence-corrected chi connectivity index (χ1v) is 9.05. The highest BCUT2D eigenvalue weighted by molar-refractivity contribution is 5.79. The van der Waals surface area contributed by atoms with Crippen molar-refractivity contribution in [2.45, 2.75) is 51.6 Å². The third-order valence-corrected chi connectivity index (χ3v) is 8.17. The van der Waals surface area contributed by atoms with Crippen LogP contribution in [-0.2, 0) is 9.59 Å². The predicted molar refractivity (Wildman–Crippen MR) is 86.1 cm³/mol. The van der Waals surface area contributed by atoms with Gasteiger partial charge in [-0.1, -0.05) is 12.2 Å². The van der Waals surface area contributed by atoms with Gasteiger partial charge in [0.2, 0.25) is 0 Å². The van der Waals surface area contributed by atoms with Crippen molar-refractivity contribution >= 4 is 11.9 Å². The van der Waals surface area contributed by atoms with Crippen LogP contribution in [-0.4, -0.2) is 33.4 Å². The number of rotatable bonds is 2. The maximum atomic E-state index is 12.3. The second-order valence-corrected chi connectivity index (χ2v) is 8.84. The van der Waals surface area contributed by atoms with E-state index in [-0.39, 0.29) is 17.3 Å². The molecule has 24 heavy (non-hydrogen) atoms. The standard InChI is InChI=1S/C19H26O5/c1-9-7-19-8-10(9)3-5-12(19)11-4-6-13(20)18(2,17(23)24)14(11)15(19)16(21)22/h10-15,20H,1,3-8H2,2H3,(H,21,22)(H,23,24)/t10-,11-,12+,13-,14?,15-,18?,19+/m1/s1. The first-order valence-electron chi connectivity index (χ1n) is 9.05. The molecular weight excluding hydrogens is 308 g/mol. The zero-order valence-electron chi connectivity index (χ0n) is 14.1. The van der Waals surface area contributed by atoms with Gasteiger partial charge in [-0.25, -0.2) is 0 Å². The van der Waals surface area contributed by atoms with Crippen LogP contribution < -0.4 is 0 Å². The van der Waals surface area contributed by atoms with Gasteiger partial charge >= 0.3 is 11.9 Å². The molecule has 8 atom stereocenters. The SMILES string of the molecule is C=C1C[C@]23C[C@H]1CC[C@H]2[C@H]1CC[C@@H](O)C(C)(C(=O)O)C1[C@@H]3C(=O)O. The van der Waals surface area contributed by atoms with E-state index in [2.05, 4.69) is 6.58 Å². The van der Waals surface area contributed by atoms with E-state index in [4.69, 9.17) is 0 Å². The predicted octanol–water partition coefficient (Wildman–Crippen LogP) is 2.54. The Labute approximate surface area is 141 Å². The quantitative estimate of drug-likeness (QED) is 0.675. The molecule has 4 rings (SSSR count). The number of aliphatic hydroxyl groups is 1. The summed E-state index contributed by atoms with van der Waals surface area (Å²) in [5.74, 6) is -2.39. The zero-order valence-corrected chi connectivity index (χ0v) is 14.1. The Balaban J connectivity index is 1.88. The summed E-state index contributed by atoms with van der Waals surface area (Å²) in [5, 5.41) is 30.5. The van der Waals surface area contributed by atoms with Crippen LogP contribution in [0.3, 0.4) is 0 Å². The minimum absolute atomic E-state index is 0.0856. The molecule has 4 fully saturated rings. The fourth-order valence-corrected chi connectivity index (χ4v) is 7.19. The molecule has 1 spiro atoms. The summed E-state index contributed by atoms with van der Waals surface area (Å²) in [4.78, 5) is 24.4. The number of allylic oxidation sites excluding steroid dienone is 1. The van der Waals surface area contributed by atoms with E-state index in [0.29, 0.717) is 12.3 Å². The summed E-state index contributed by atoms with van der Waals surface area (Å²) in [6, 6.07) is 0. The molecule has 0 aliphatic heterocycles. The Bertz CT molecular complexity index is 627. The fraction of sp³-hybridized carbons (Fsp3) is 0.789. The fourth-order valence-electron chi connectivity index (χ4n) is 7.19. The van der Waals surface area contributed by atoms with Crippen molar-refractivity contribution in [3.8, 4) is 0 Å². The Morgan fingerprint density at radius 2 is 1.88 bits per heavy atom. The molecule has 3 N–H and O–H groups in total. The van der Waals surface area contributed by atoms with Crippen LogP contribution in [0.15, 0.2) is 12.2 Å². The van der Waals surface area contributed by atoms with Crippen LogP contribution in [0.1, 0.15) is 45.4 Å². The number of fused-ring (bicyclic) bond motifs is 3. The smallest absolute Gasteiger partial charge is 0.312 e. The first kappa shape index (κ1) is 16.1. The average Bonchev–Trinajstić information content (AvgIpc) is 2.94. The number of hydrogen-bond acceptors (Lipinski definition) is 3. The Hall–Kier alpha value is -1.36. The molecule has 4 saturated carbocycles. The van der Waals surface area contributed by atoms with Gasteiger partial charge in [0.15, 0.2) is 0 Å². The number of carbonyl (C=O) groups is 2. The van der Waals surface area contributed by atoms with Crippen molar-refractivity contribution in [2.75, 3.05) is 0 Å². The van der Waals surface area contributed by atoms with Gasteiger partial charge in [0.1, 0.15) is 0 Å². The minimum Gasteiger partial charge on any atom is -0.481 e. The molecule has 0 aromatic heterocycles. The Morgan fingerprint density at radius 3 is 2.50 bits per heavy atom. The van der Waals surface area contributed by atoms with Crippen molar-refractivity contribution in [1.82, 2.24) is 0 Å². The van der Waals surface area contributed by atoms with Crippen LogP contribution in [0.5, 0.6) is 0 Å².